The van der Waals surface area contributed by atoms with E-state index in [2.05, 4.69) is 0 Å². The zero-order chi connectivity index (χ0) is 26.1. The van der Waals surface area contributed by atoms with Gasteiger partial charge in [-0.1, -0.05) is 48.5 Å². The van der Waals surface area contributed by atoms with Gasteiger partial charge in [-0.2, -0.15) is 0 Å². The molecule has 3 rings (SSSR count). The summed E-state index contributed by atoms with van der Waals surface area (Å²) < 4.78 is 10.7. The second-order valence-electron chi connectivity index (χ2n) is 7.51. The van der Waals surface area contributed by atoms with Gasteiger partial charge in [-0.15, -0.1) is 0 Å². The lowest BCUT2D eigenvalue weighted by atomic mass is 9.97. The number of ether oxygens (including phenoxy) is 2. The molecule has 0 fully saturated rings. The van der Waals surface area contributed by atoms with E-state index in [0.29, 0.717) is 22.4 Å². The molecule has 0 aromatic heterocycles. The molecule has 0 bridgehead atoms. The molecule has 8 nitrogen and oxygen atoms in total. The summed E-state index contributed by atoms with van der Waals surface area (Å²) in [5.74, 6) is -2.84. The van der Waals surface area contributed by atoms with Crippen molar-refractivity contribution in [3.8, 4) is 5.75 Å². The highest BCUT2D eigenvalue weighted by molar-refractivity contribution is 6.02. The second kappa shape index (κ2) is 11.9. The third-order valence-corrected chi connectivity index (χ3v) is 5.06. The van der Waals surface area contributed by atoms with Gasteiger partial charge in [-0.25, -0.2) is 14.4 Å². The SMILES string of the molecule is COc1ccc(C(=O)OC(C(=O)c2ccc(/C=C/C(=O)O)cc2)c2ccc(/C=C/C(=O)O)cc2)cc1. The number of methoxy groups -OCH3 is 1. The Morgan fingerprint density at radius 3 is 1.64 bits per heavy atom. The lowest BCUT2D eigenvalue weighted by Crippen LogP contribution is -2.20. The normalized spacial score (nSPS) is 11.8. The van der Waals surface area contributed by atoms with Crippen LogP contribution in [0.2, 0.25) is 0 Å². The Morgan fingerprint density at radius 1 is 0.694 bits per heavy atom. The Labute approximate surface area is 206 Å². The van der Waals surface area contributed by atoms with E-state index >= 15 is 0 Å². The van der Waals surface area contributed by atoms with Crippen LogP contribution < -0.4 is 4.74 Å². The standard InChI is InChI=1S/C28H22O8/c1-35-23-14-12-22(13-15-23)28(34)36-27(21-10-4-19(5-11-21)7-17-25(31)32)26(33)20-8-2-18(3-9-20)6-16-24(29)30/h2-17,27H,1H3,(H,29,30)(H,31,32)/b16-6+,17-7+. The molecule has 3 aromatic carbocycles. The summed E-state index contributed by atoms with van der Waals surface area (Å²) >= 11 is 0. The Balaban J connectivity index is 1.91. The van der Waals surface area contributed by atoms with Crippen molar-refractivity contribution < 1.29 is 38.9 Å². The van der Waals surface area contributed by atoms with Gasteiger partial charge in [0.1, 0.15) is 5.75 Å². The van der Waals surface area contributed by atoms with Gasteiger partial charge in [0, 0.05) is 23.3 Å². The highest BCUT2D eigenvalue weighted by Crippen LogP contribution is 2.26. The fraction of sp³-hybridized carbons (Fsp3) is 0.0714. The molecule has 2 N–H and O–H groups in total. The first-order chi connectivity index (χ1) is 17.3. The lowest BCUT2D eigenvalue weighted by molar-refractivity contribution is -0.132. The van der Waals surface area contributed by atoms with Gasteiger partial charge in [-0.05, 0) is 47.5 Å². The van der Waals surface area contributed by atoms with Crippen molar-refractivity contribution >= 4 is 35.8 Å². The van der Waals surface area contributed by atoms with Gasteiger partial charge in [0.15, 0.2) is 6.10 Å². The fourth-order valence-electron chi connectivity index (χ4n) is 3.20. The topological polar surface area (TPSA) is 127 Å². The number of carboxylic acids is 2. The third kappa shape index (κ3) is 7.01. The van der Waals surface area contributed by atoms with E-state index in [4.69, 9.17) is 19.7 Å². The second-order valence-corrected chi connectivity index (χ2v) is 7.51. The first-order valence-electron chi connectivity index (χ1n) is 10.7. The van der Waals surface area contributed by atoms with Crippen molar-refractivity contribution in [3.05, 3.63) is 113 Å². The number of esters is 1. The van der Waals surface area contributed by atoms with Crippen molar-refractivity contribution in [2.75, 3.05) is 7.11 Å². The first kappa shape index (κ1) is 25.6. The number of hydrogen-bond acceptors (Lipinski definition) is 6. The van der Waals surface area contributed by atoms with Crippen LogP contribution in [0.1, 0.15) is 43.5 Å². The summed E-state index contributed by atoms with van der Waals surface area (Å²) in [7, 11) is 1.50. The molecule has 0 aliphatic rings. The molecule has 0 heterocycles. The molecule has 1 unspecified atom stereocenters. The molecule has 0 aliphatic heterocycles. The maximum absolute atomic E-state index is 13.4. The molecule has 0 spiro atoms. The Bertz CT molecular complexity index is 1300. The molecule has 3 aromatic rings. The van der Waals surface area contributed by atoms with E-state index in [9.17, 15) is 19.2 Å². The van der Waals surface area contributed by atoms with E-state index in [1.807, 2.05) is 0 Å². The molecule has 0 saturated heterocycles. The number of rotatable bonds is 10. The average Bonchev–Trinajstić information content (AvgIpc) is 2.89. The minimum Gasteiger partial charge on any atom is -0.497 e. The maximum atomic E-state index is 13.4. The molecular weight excluding hydrogens is 464 g/mol. The summed E-state index contributed by atoms with van der Waals surface area (Å²) in [4.78, 5) is 47.7. The number of Topliss-reactive ketones (excluding diaryl/α,β-unsaturated/α-hetero) is 1. The van der Waals surface area contributed by atoms with Crippen LogP contribution in [0.15, 0.2) is 84.9 Å². The molecule has 182 valence electrons. The van der Waals surface area contributed by atoms with Crippen LogP contribution in [0.4, 0.5) is 0 Å². The molecule has 0 amide bonds. The predicted molar refractivity (Wildman–Crippen MR) is 132 cm³/mol. The minimum atomic E-state index is -1.28. The molecule has 1 atom stereocenters. The Morgan fingerprint density at radius 2 is 1.17 bits per heavy atom. The quantitative estimate of drug-likeness (QED) is 0.240. The zero-order valence-corrected chi connectivity index (χ0v) is 19.2. The Hall–Kier alpha value is -4.98. The highest BCUT2D eigenvalue weighted by Gasteiger charge is 2.27. The van der Waals surface area contributed by atoms with Crippen LogP contribution in [0.5, 0.6) is 5.75 Å². The van der Waals surface area contributed by atoms with Gasteiger partial charge >= 0.3 is 17.9 Å². The average molecular weight is 486 g/mol. The van der Waals surface area contributed by atoms with Crippen molar-refractivity contribution in [1.29, 1.82) is 0 Å². The number of aliphatic carboxylic acids is 2. The molecule has 0 aliphatic carbocycles. The number of hydrogen-bond donors (Lipinski definition) is 2. The number of carboxylic acid groups (broad SMARTS) is 2. The maximum Gasteiger partial charge on any atom is 0.339 e. The lowest BCUT2D eigenvalue weighted by Gasteiger charge is -2.18. The minimum absolute atomic E-state index is 0.226. The largest absolute Gasteiger partial charge is 0.497 e. The van der Waals surface area contributed by atoms with E-state index in [0.717, 1.165) is 12.2 Å². The number of ketones is 1. The van der Waals surface area contributed by atoms with Crippen LogP contribution in [0.25, 0.3) is 12.2 Å². The van der Waals surface area contributed by atoms with E-state index < -0.39 is 29.8 Å². The van der Waals surface area contributed by atoms with Crippen LogP contribution in [-0.4, -0.2) is 41.0 Å². The van der Waals surface area contributed by atoms with Crippen molar-refractivity contribution in [2.45, 2.75) is 6.10 Å². The number of carbonyl (C=O) groups is 4. The molecule has 0 saturated carbocycles. The summed E-state index contributed by atoms with van der Waals surface area (Å²) in [6, 6.07) is 18.8. The monoisotopic (exact) mass is 486 g/mol. The van der Waals surface area contributed by atoms with Gasteiger partial charge in [0.25, 0.3) is 0 Å². The van der Waals surface area contributed by atoms with Gasteiger partial charge in [0.05, 0.1) is 12.7 Å². The van der Waals surface area contributed by atoms with E-state index in [1.165, 1.54) is 43.5 Å². The first-order valence-corrected chi connectivity index (χ1v) is 10.7. The van der Waals surface area contributed by atoms with Gasteiger partial charge in [0.2, 0.25) is 5.78 Å². The van der Waals surface area contributed by atoms with Gasteiger partial charge in [-0.3, -0.25) is 4.79 Å². The van der Waals surface area contributed by atoms with E-state index in [1.54, 1.807) is 48.5 Å². The molecule has 8 heteroatoms. The highest BCUT2D eigenvalue weighted by atomic mass is 16.5. The molecular formula is C28H22O8. The van der Waals surface area contributed by atoms with Crippen LogP contribution in [-0.2, 0) is 14.3 Å². The fourth-order valence-corrected chi connectivity index (χ4v) is 3.20. The zero-order valence-electron chi connectivity index (χ0n) is 19.2. The number of carbonyl (C=O) groups excluding carboxylic acids is 2. The van der Waals surface area contributed by atoms with Crippen molar-refractivity contribution in [3.63, 3.8) is 0 Å². The summed E-state index contributed by atoms with van der Waals surface area (Å²) in [6.07, 6.45) is 3.48. The van der Waals surface area contributed by atoms with Crippen molar-refractivity contribution in [1.82, 2.24) is 0 Å². The smallest absolute Gasteiger partial charge is 0.339 e. The third-order valence-electron chi connectivity index (χ3n) is 5.06. The van der Waals surface area contributed by atoms with E-state index in [-0.39, 0.29) is 11.1 Å². The summed E-state index contributed by atoms with van der Waals surface area (Å²) in [5.41, 5.74) is 2.04. The predicted octanol–water partition coefficient (Wildman–Crippen LogP) is 4.67. The molecule has 0 radical (unpaired) electrons. The van der Waals surface area contributed by atoms with Crippen LogP contribution in [0, 0.1) is 0 Å². The Kier molecular flexibility index (Phi) is 8.50. The molecule has 36 heavy (non-hydrogen) atoms. The van der Waals surface area contributed by atoms with Gasteiger partial charge < -0.3 is 19.7 Å². The summed E-state index contributed by atoms with van der Waals surface area (Å²) in [5, 5.41) is 17.6. The summed E-state index contributed by atoms with van der Waals surface area (Å²) in [6.45, 7) is 0. The number of benzene rings is 3. The van der Waals surface area contributed by atoms with Crippen molar-refractivity contribution in [2.24, 2.45) is 0 Å². The van der Waals surface area contributed by atoms with Crippen LogP contribution in [0.3, 0.4) is 0 Å². The van der Waals surface area contributed by atoms with Crippen LogP contribution >= 0.6 is 0 Å².